The van der Waals surface area contributed by atoms with Crippen LogP contribution in [0.5, 0.6) is 5.75 Å². The van der Waals surface area contributed by atoms with Crippen molar-refractivity contribution in [2.45, 2.75) is 127 Å². The quantitative estimate of drug-likeness (QED) is 0.204. The fraction of sp³-hybridized carbons (Fsp3) is 0.812. The van der Waals surface area contributed by atoms with E-state index in [1.165, 1.54) is 12.1 Å². The normalized spacial score (nSPS) is 40.1. The third kappa shape index (κ3) is 7.66. The lowest BCUT2D eigenvalue weighted by molar-refractivity contribution is -0.284. The maximum atomic E-state index is 13.4. The molecule has 2 N–H and O–H groups in total. The van der Waals surface area contributed by atoms with Crippen molar-refractivity contribution in [3.05, 3.63) is 29.3 Å². The van der Waals surface area contributed by atoms with Gasteiger partial charge < -0.3 is 10.2 Å². The molecule has 234 valence electrons. The van der Waals surface area contributed by atoms with E-state index >= 15 is 0 Å². The van der Waals surface area contributed by atoms with Crippen LogP contribution in [0.4, 0.5) is 22.0 Å². The summed E-state index contributed by atoms with van der Waals surface area (Å²) in [5.41, 5.74) is -3.95. The Kier molecular flexibility index (Phi) is 5.37. The first-order chi connectivity index (χ1) is 26.1. The molecule has 4 unspecified atom stereocenters. The highest BCUT2D eigenvalue weighted by atomic mass is 32.2. The molecule has 3 aliphatic rings. The van der Waals surface area contributed by atoms with E-state index in [-0.39, 0.29) is 12.2 Å². The second kappa shape index (κ2) is 13.6. The van der Waals surface area contributed by atoms with Crippen LogP contribution < -0.4 is 0 Å². The number of aliphatic hydroxyl groups excluding tert-OH is 1. The molecule has 1 aromatic carbocycles. The molecule has 9 heteroatoms. The smallest absolute Gasteiger partial charge is 0.453 e. The minimum Gasteiger partial charge on any atom is -0.508 e. The monoisotopic (exact) mass is 624 g/mol. The minimum atomic E-state index is -6.06. The van der Waals surface area contributed by atoms with Gasteiger partial charge in [0.2, 0.25) is 0 Å². The first kappa shape index (κ1) is 16.2. The summed E-state index contributed by atoms with van der Waals surface area (Å²) in [5, 5.41) is 21.3. The Labute approximate surface area is 269 Å². The highest BCUT2D eigenvalue weighted by molar-refractivity contribution is 7.84. The molecular formula is C32H47F5O3S. The Morgan fingerprint density at radius 1 is 1.02 bits per heavy atom. The molecule has 41 heavy (non-hydrogen) atoms. The minimum absolute atomic E-state index is 0.228. The van der Waals surface area contributed by atoms with Crippen LogP contribution in [0.1, 0.15) is 138 Å². The highest BCUT2D eigenvalue weighted by Crippen LogP contribution is 2.62. The zero-order chi connectivity index (χ0) is 46.0. The van der Waals surface area contributed by atoms with Gasteiger partial charge in [-0.2, -0.15) is 22.0 Å². The van der Waals surface area contributed by atoms with Crippen molar-refractivity contribution in [1.82, 2.24) is 0 Å². The maximum Gasteiger partial charge on any atom is 0.453 e. The molecule has 0 spiro atoms. The standard InChI is InChI=1S/C32H47F5O3S/c1-30-17-15-26-25-12-11-24(38)21-23(25)20-22(29(26)27(30)13-14-28(30)39)10-7-5-3-2-4-6-8-18-41(40)19-9-16-31(33,34)32(35,36)37/h11-12,21-22,26-29,38-39H,2-10,13-20H2,1H3/t22-,26?,27?,28+,29?,30+,41?/m1/s1/i2D2,3D2,4D2,5D2,6D2,7D2,8D2,10D2,18D2. The molecule has 3 aliphatic carbocycles. The number of alkyl halides is 5. The second-order valence-corrected chi connectivity index (χ2v) is 12.4. The van der Waals surface area contributed by atoms with Crippen molar-refractivity contribution in [3.63, 3.8) is 0 Å². The van der Waals surface area contributed by atoms with Crippen molar-refractivity contribution >= 4 is 10.8 Å². The van der Waals surface area contributed by atoms with Crippen molar-refractivity contribution in [2.75, 3.05) is 11.5 Å². The summed E-state index contributed by atoms with van der Waals surface area (Å²) in [5.74, 6) is -10.4. The van der Waals surface area contributed by atoms with E-state index in [2.05, 4.69) is 0 Å². The van der Waals surface area contributed by atoms with Gasteiger partial charge in [0.1, 0.15) is 5.75 Å². The third-order valence-corrected chi connectivity index (χ3v) is 9.73. The van der Waals surface area contributed by atoms with Crippen LogP contribution >= 0.6 is 0 Å². The molecule has 4 rings (SSSR count). The van der Waals surface area contributed by atoms with Crippen LogP contribution in [-0.2, 0) is 17.2 Å². The van der Waals surface area contributed by atoms with E-state index in [4.69, 9.17) is 21.9 Å². The van der Waals surface area contributed by atoms with E-state index in [9.17, 15) is 39.1 Å². The Morgan fingerprint density at radius 2 is 1.71 bits per heavy atom. The van der Waals surface area contributed by atoms with Gasteiger partial charge in [0, 0.05) is 53.4 Å². The molecule has 0 aliphatic heterocycles. The van der Waals surface area contributed by atoms with Crippen LogP contribution in [0.2, 0.25) is 0 Å². The van der Waals surface area contributed by atoms with E-state index in [1.807, 2.05) is 0 Å². The van der Waals surface area contributed by atoms with E-state index < -0.39 is 133 Å². The number of aromatic hydroxyl groups is 1. The molecule has 1 aromatic rings. The Balaban J connectivity index is 1.74. The van der Waals surface area contributed by atoms with Crippen LogP contribution in [0.25, 0.3) is 0 Å². The summed E-state index contributed by atoms with van der Waals surface area (Å²) < 4.78 is 232. The zero-order valence-electron chi connectivity index (χ0n) is 40.4. The number of aliphatic hydroxyl groups is 1. The van der Waals surface area contributed by atoms with E-state index in [1.54, 1.807) is 13.0 Å². The highest BCUT2D eigenvalue weighted by Gasteiger charge is 2.57. The lowest BCUT2D eigenvalue weighted by Gasteiger charge is -2.53. The number of hydrogen-bond acceptors (Lipinski definition) is 3. The molecule has 2 saturated carbocycles. The summed E-state index contributed by atoms with van der Waals surface area (Å²) in [4.78, 5) is 0. The number of rotatable bonds is 14. The SMILES string of the molecule is [2H]C([2H])([C@@H]1Cc2cc(O)ccc2C2CC[C@@]3(C)C(CC[C@@H]3O)C21)C([2H])([2H])C([2H])([2H])C([2H])([2H])C([2H])([2H])C([2H])([2H])C([2H])([2H])C([2H])([2H])C([2H])([2H])S(=O)CCCC(F)(F)C(F)(F)F. The molecule has 3 nitrogen and oxygen atoms in total. The summed E-state index contributed by atoms with van der Waals surface area (Å²) in [6, 6.07) is 4.36. The van der Waals surface area contributed by atoms with Gasteiger partial charge in [-0.05, 0) is 104 Å². The van der Waals surface area contributed by atoms with Gasteiger partial charge >= 0.3 is 12.1 Å². The lowest BCUT2D eigenvalue weighted by atomic mass is 9.52. The van der Waals surface area contributed by atoms with Crippen molar-refractivity contribution < 1.29 is 61.0 Å². The number of benzene rings is 1. The second-order valence-electron chi connectivity index (χ2n) is 11.1. The number of phenols is 1. The Bertz CT molecular complexity index is 1780. The van der Waals surface area contributed by atoms with Crippen LogP contribution in [0.15, 0.2) is 18.2 Å². The zero-order valence-corrected chi connectivity index (χ0v) is 23.2. The van der Waals surface area contributed by atoms with Crippen LogP contribution in [0, 0.1) is 23.2 Å². The number of halogens is 5. The molecule has 0 heterocycles. The van der Waals surface area contributed by atoms with Gasteiger partial charge in [0.15, 0.2) is 0 Å². The molecule has 0 amide bonds. The fourth-order valence-electron chi connectivity index (χ4n) is 6.73. The summed E-state index contributed by atoms with van der Waals surface area (Å²) >= 11 is 0. The number of hydrogen-bond donors (Lipinski definition) is 2. The predicted molar refractivity (Wildman–Crippen MR) is 153 cm³/mol. The first-order valence-electron chi connectivity index (χ1n) is 22.4. The fourth-order valence-corrected chi connectivity index (χ4v) is 7.40. The Morgan fingerprint density at radius 3 is 2.41 bits per heavy atom. The molecule has 0 aromatic heterocycles. The summed E-state index contributed by atoms with van der Waals surface area (Å²) in [6.07, 6.45) is -44.9. The number of fused-ring (bicyclic) bond motifs is 5. The van der Waals surface area contributed by atoms with Gasteiger partial charge in [-0.1, -0.05) is 51.2 Å². The topological polar surface area (TPSA) is 57.5 Å². The molecule has 2 fully saturated rings. The van der Waals surface area contributed by atoms with Gasteiger partial charge in [-0.15, -0.1) is 0 Å². The average molecular weight is 625 g/mol. The molecular weight excluding hydrogens is 559 g/mol. The summed E-state index contributed by atoms with van der Waals surface area (Å²) in [6.45, 7) is 1.80. The van der Waals surface area contributed by atoms with Crippen LogP contribution in [-0.4, -0.2) is 44.1 Å². The van der Waals surface area contributed by atoms with E-state index in [0.29, 0.717) is 36.8 Å². The molecule has 0 bridgehead atoms. The largest absolute Gasteiger partial charge is 0.508 e. The molecule has 0 radical (unpaired) electrons. The third-order valence-electron chi connectivity index (χ3n) is 8.75. The predicted octanol–water partition coefficient (Wildman–Crippen LogP) is 8.68. The van der Waals surface area contributed by atoms with E-state index in [0.717, 1.165) is 0 Å². The number of phenolic OH excluding ortho intramolecular Hbond substituents is 1. The van der Waals surface area contributed by atoms with Crippen molar-refractivity contribution in [3.8, 4) is 5.75 Å². The van der Waals surface area contributed by atoms with Gasteiger partial charge in [-0.3, -0.25) is 4.21 Å². The lowest BCUT2D eigenvalue weighted by Crippen LogP contribution is -2.47. The molecule has 0 saturated heterocycles. The van der Waals surface area contributed by atoms with Crippen molar-refractivity contribution in [1.29, 1.82) is 0 Å². The van der Waals surface area contributed by atoms with Crippen molar-refractivity contribution in [2.24, 2.45) is 23.2 Å². The van der Waals surface area contributed by atoms with Gasteiger partial charge in [0.25, 0.3) is 0 Å². The van der Waals surface area contributed by atoms with Gasteiger partial charge in [-0.25, -0.2) is 0 Å². The van der Waals surface area contributed by atoms with Crippen LogP contribution in [0.3, 0.4) is 0 Å². The van der Waals surface area contributed by atoms with Gasteiger partial charge in [0.05, 0.1) is 6.10 Å². The average Bonchev–Trinajstić information content (AvgIpc) is 3.39. The molecule has 7 atom stereocenters. The first-order valence-corrected chi connectivity index (χ1v) is 14.7. The Hall–Kier alpha value is -1.22. The summed E-state index contributed by atoms with van der Waals surface area (Å²) in [7, 11) is -3.54. The maximum absolute atomic E-state index is 13.4.